The van der Waals surface area contributed by atoms with Crippen LogP contribution in [0.2, 0.25) is 0 Å². The van der Waals surface area contributed by atoms with E-state index in [0.717, 1.165) is 5.56 Å². The molecule has 0 aliphatic heterocycles. The normalized spacial score (nSPS) is 12.7. The van der Waals surface area contributed by atoms with Gasteiger partial charge >= 0.3 is 5.97 Å². The predicted octanol–water partition coefficient (Wildman–Crippen LogP) is 2.79. The Labute approximate surface area is 172 Å². The summed E-state index contributed by atoms with van der Waals surface area (Å²) in [5, 5.41) is 14.6. The molecule has 160 valence electrons. The summed E-state index contributed by atoms with van der Waals surface area (Å²) in [7, 11) is 0. The van der Waals surface area contributed by atoms with Crippen molar-refractivity contribution in [1.29, 1.82) is 0 Å². The molecule has 0 fully saturated rings. The minimum Gasteiger partial charge on any atom is -0.461 e. The smallest absolute Gasteiger partial charge is 0.306 e. The van der Waals surface area contributed by atoms with Crippen LogP contribution in [-0.4, -0.2) is 35.5 Å². The maximum atomic E-state index is 12.6. The average molecular weight is 405 g/mol. The van der Waals surface area contributed by atoms with E-state index in [1.54, 1.807) is 31.2 Å². The number of aliphatic hydroxyl groups excluding tert-OH is 1. The van der Waals surface area contributed by atoms with Gasteiger partial charge in [-0.2, -0.15) is 0 Å². The molecule has 7 heteroatoms. The molecule has 0 saturated carbocycles. The lowest BCUT2D eigenvalue weighted by Crippen LogP contribution is -2.45. The van der Waals surface area contributed by atoms with E-state index in [9.17, 15) is 14.4 Å². The Kier molecular flexibility index (Phi) is 10.7. The topological polar surface area (TPSA) is 105 Å². The van der Waals surface area contributed by atoms with Gasteiger partial charge in [-0.15, -0.1) is 0 Å². The second kappa shape index (κ2) is 12.7. The number of carbonyl (C=O) groups is 3. The van der Waals surface area contributed by atoms with Crippen LogP contribution in [0.15, 0.2) is 36.9 Å². The molecule has 2 amide bonds. The zero-order valence-electron chi connectivity index (χ0n) is 17.4. The molecule has 0 bridgehead atoms. The molecule has 2 atom stereocenters. The summed E-state index contributed by atoms with van der Waals surface area (Å²) in [5.41, 5.74) is 1.34. The summed E-state index contributed by atoms with van der Waals surface area (Å²) in [6.45, 7) is 9.11. The lowest BCUT2D eigenvalue weighted by atomic mass is 9.89. The number of carbonyl (C=O) groups excluding carboxylic acids is 3. The SMILES string of the molecule is C=CCOC(=O)CCCC(C(=O)NC(C)C(=O)Nc1ccc(CO)cc1)C(C)C. The van der Waals surface area contributed by atoms with Gasteiger partial charge in [0.25, 0.3) is 0 Å². The van der Waals surface area contributed by atoms with E-state index in [1.807, 2.05) is 13.8 Å². The van der Waals surface area contributed by atoms with Crippen LogP contribution >= 0.6 is 0 Å². The van der Waals surface area contributed by atoms with E-state index < -0.39 is 6.04 Å². The summed E-state index contributed by atoms with van der Waals surface area (Å²) in [5.74, 6) is -1.09. The number of aliphatic hydroxyl groups is 1. The third kappa shape index (κ3) is 8.91. The van der Waals surface area contributed by atoms with Gasteiger partial charge in [-0.25, -0.2) is 0 Å². The zero-order chi connectivity index (χ0) is 21.8. The number of benzene rings is 1. The van der Waals surface area contributed by atoms with Gasteiger partial charge in [0.2, 0.25) is 11.8 Å². The van der Waals surface area contributed by atoms with E-state index in [2.05, 4.69) is 17.2 Å². The van der Waals surface area contributed by atoms with Crippen molar-refractivity contribution >= 4 is 23.5 Å². The van der Waals surface area contributed by atoms with Crippen LogP contribution < -0.4 is 10.6 Å². The Hall–Kier alpha value is -2.67. The first-order valence-corrected chi connectivity index (χ1v) is 9.86. The highest BCUT2D eigenvalue weighted by atomic mass is 16.5. The molecule has 0 heterocycles. The Morgan fingerprint density at radius 1 is 1.14 bits per heavy atom. The number of hydrogen-bond donors (Lipinski definition) is 3. The Bertz CT molecular complexity index is 685. The highest BCUT2D eigenvalue weighted by Crippen LogP contribution is 2.19. The monoisotopic (exact) mass is 404 g/mol. The van der Waals surface area contributed by atoms with Gasteiger partial charge in [0.05, 0.1) is 6.61 Å². The van der Waals surface area contributed by atoms with Crippen molar-refractivity contribution in [2.75, 3.05) is 11.9 Å². The number of rotatable bonds is 12. The van der Waals surface area contributed by atoms with Crippen molar-refractivity contribution in [2.24, 2.45) is 11.8 Å². The van der Waals surface area contributed by atoms with Gasteiger partial charge in [0.15, 0.2) is 0 Å². The number of nitrogens with one attached hydrogen (secondary N) is 2. The van der Waals surface area contributed by atoms with Crippen molar-refractivity contribution in [3.05, 3.63) is 42.5 Å². The second-order valence-electron chi connectivity index (χ2n) is 7.29. The number of anilines is 1. The van der Waals surface area contributed by atoms with E-state index in [4.69, 9.17) is 9.84 Å². The predicted molar refractivity (Wildman–Crippen MR) is 112 cm³/mol. The van der Waals surface area contributed by atoms with Crippen LogP contribution in [0, 0.1) is 11.8 Å². The highest BCUT2D eigenvalue weighted by molar-refractivity contribution is 5.97. The van der Waals surface area contributed by atoms with Crippen molar-refractivity contribution in [2.45, 2.75) is 52.7 Å². The summed E-state index contributed by atoms with van der Waals surface area (Å²) in [4.78, 5) is 36.6. The van der Waals surface area contributed by atoms with E-state index >= 15 is 0 Å². The minimum absolute atomic E-state index is 0.0662. The maximum Gasteiger partial charge on any atom is 0.306 e. The van der Waals surface area contributed by atoms with Crippen molar-refractivity contribution in [1.82, 2.24) is 5.32 Å². The summed E-state index contributed by atoms with van der Waals surface area (Å²) >= 11 is 0. The van der Waals surface area contributed by atoms with Gasteiger partial charge in [-0.3, -0.25) is 14.4 Å². The van der Waals surface area contributed by atoms with E-state index in [1.165, 1.54) is 6.08 Å². The largest absolute Gasteiger partial charge is 0.461 e. The molecule has 2 unspecified atom stereocenters. The lowest BCUT2D eigenvalue weighted by Gasteiger charge is -2.22. The fourth-order valence-corrected chi connectivity index (χ4v) is 2.79. The molecule has 0 aromatic heterocycles. The minimum atomic E-state index is -0.709. The lowest BCUT2D eigenvalue weighted by molar-refractivity contribution is -0.142. The van der Waals surface area contributed by atoms with Crippen LogP contribution in [0.1, 0.15) is 45.6 Å². The number of amides is 2. The van der Waals surface area contributed by atoms with Crippen LogP contribution in [0.4, 0.5) is 5.69 Å². The molecule has 1 aromatic rings. The van der Waals surface area contributed by atoms with E-state index in [-0.39, 0.29) is 49.3 Å². The molecule has 0 spiro atoms. The standard InChI is InChI=1S/C22H32N2O5/c1-5-13-29-20(26)8-6-7-19(15(2)3)22(28)23-16(4)21(27)24-18-11-9-17(14-25)10-12-18/h5,9-12,15-16,19,25H,1,6-8,13-14H2,2-4H3,(H,23,28)(H,24,27). The number of esters is 1. The van der Waals surface area contributed by atoms with E-state index in [0.29, 0.717) is 18.5 Å². The number of ether oxygens (including phenoxy) is 1. The summed E-state index contributed by atoms with van der Waals surface area (Å²) in [6.07, 6.45) is 2.81. The molecule has 0 aliphatic rings. The fourth-order valence-electron chi connectivity index (χ4n) is 2.79. The van der Waals surface area contributed by atoms with Crippen molar-refractivity contribution in [3.8, 4) is 0 Å². The van der Waals surface area contributed by atoms with Crippen LogP contribution in [-0.2, 0) is 25.7 Å². The molecular formula is C22H32N2O5. The Morgan fingerprint density at radius 3 is 2.34 bits per heavy atom. The molecule has 0 saturated heterocycles. The maximum absolute atomic E-state index is 12.6. The Balaban J connectivity index is 2.53. The van der Waals surface area contributed by atoms with Gasteiger partial charge in [0.1, 0.15) is 12.6 Å². The molecule has 3 N–H and O–H groups in total. The van der Waals surface area contributed by atoms with Gasteiger partial charge < -0.3 is 20.5 Å². The fraction of sp³-hybridized carbons (Fsp3) is 0.500. The molecule has 0 aliphatic carbocycles. The third-order valence-corrected chi connectivity index (χ3v) is 4.56. The molecule has 1 aromatic carbocycles. The van der Waals surface area contributed by atoms with Gasteiger partial charge in [-0.05, 0) is 43.4 Å². The quantitative estimate of drug-likeness (QED) is 0.367. The van der Waals surface area contributed by atoms with Gasteiger partial charge in [-0.1, -0.05) is 38.6 Å². The summed E-state index contributed by atoms with van der Waals surface area (Å²) < 4.78 is 4.94. The molecule has 7 nitrogen and oxygen atoms in total. The first-order valence-electron chi connectivity index (χ1n) is 9.86. The highest BCUT2D eigenvalue weighted by Gasteiger charge is 2.25. The van der Waals surface area contributed by atoms with Crippen molar-refractivity contribution < 1.29 is 24.2 Å². The molecule has 1 rings (SSSR count). The molecule has 0 radical (unpaired) electrons. The summed E-state index contributed by atoms with van der Waals surface area (Å²) in [6, 6.07) is 6.11. The molecule has 29 heavy (non-hydrogen) atoms. The van der Waals surface area contributed by atoms with Gasteiger partial charge in [0, 0.05) is 18.0 Å². The first-order chi connectivity index (χ1) is 13.8. The number of hydrogen-bond acceptors (Lipinski definition) is 5. The zero-order valence-corrected chi connectivity index (χ0v) is 17.4. The second-order valence-corrected chi connectivity index (χ2v) is 7.29. The van der Waals surface area contributed by atoms with Crippen LogP contribution in [0.5, 0.6) is 0 Å². The Morgan fingerprint density at radius 2 is 1.79 bits per heavy atom. The van der Waals surface area contributed by atoms with Crippen LogP contribution in [0.25, 0.3) is 0 Å². The first kappa shape index (κ1) is 24.4. The van der Waals surface area contributed by atoms with Crippen LogP contribution in [0.3, 0.4) is 0 Å². The molecular weight excluding hydrogens is 372 g/mol. The third-order valence-electron chi connectivity index (χ3n) is 4.56. The van der Waals surface area contributed by atoms with Crippen molar-refractivity contribution in [3.63, 3.8) is 0 Å². The average Bonchev–Trinajstić information content (AvgIpc) is 2.69.